The van der Waals surface area contributed by atoms with Crippen LogP contribution in [0.3, 0.4) is 0 Å². The van der Waals surface area contributed by atoms with Crippen LogP contribution in [0, 0.1) is 6.92 Å². The topological polar surface area (TPSA) is 65.1 Å². The summed E-state index contributed by atoms with van der Waals surface area (Å²) >= 11 is 0. The van der Waals surface area contributed by atoms with Gasteiger partial charge in [0, 0.05) is 47.3 Å². The third-order valence-corrected chi connectivity index (χ3v) is 6.05. The van der Waals surface area contributed by atoms with E-state index in [0.717, 1.165) is 28.9 Å². The minimum absolute atomic E-state index is 0.0270. The zero-order chi connectivity index (χ0) is 22.1. The zero-order valence-electron chi connectivity index (χ0n) is 18.4. The highest BCUT2D eigenvalue weighted by Crippen LogP contribution is 2.48. The lowest BCUT2D eigenvalue weighted by Crippen LogP contribution is -2.40. The molecule has 2 aromatic rings. The second-order valence-corrected chi connectivity index (χ2v) is 7.91. The van der Waals surface area contributed by atoms with Crippen LogP contribution in [0.25, 0.3) is 0 Å². The summed E-state index contributed by atoms with van der Waals surface area (Å²) in [7, 11) is 4.70. The molecule has 2 aliphatic rings. The van der Waals surface area contributed by atoms with E-state index in [-0.39, 0.29) is 24.0 Å². The smallest absolute Gasteiger partial charge is 0.232 e. The molecule has 0 N–H and O–H groups in total. The molecular weight excluding hydrogens is 394 g/mol. The number of benzene rings is 2. The predicted octanol–water partition coefficient (Wildman–Crippen LogP) is 4.55. The summed E-state index contributed by atoms with van der Waals surface area (Å²) in [5, 5.41) is 0. The second-order valence-electron chi connectivity index (χ2n) is 7.91. The quantitative estimate of drug-likeness (QED) is 0.709. The second kappa shape index (κ2) is 8.46. The van der Waals surface area contributed by atoms with Gasteiger partial charge in [0.1, 0.15) is 5.75 Å². The van der Waals surface area contributed by atoms with Gasteiger partial charge in [-0.1, -0.05) is 12.1 Å². The molecule has 31 heavy (non-hydrogen) atoms. The summed E-state index contributed by atoms with van der Waals surface area (Å²) in [6.45, 7) is 2.00. The van der Waals surface area contributed by atoms with Gasteiger partial charge in [0.25, 0.3) is 0 Å². The van der Waals surface area contributed by atoms with Crippen LogP contribution in [0.4, 0.5) is 5.69 Å². The molecule has 1 heterocycles. The van der Waals surface area contributed by atoms with Crippen LogP contribution < -0.4 is 19.1 Å². The van der Waals surface area contributed by atoms with Gasteiger partial charge in [0.2, 0.25) is 5.91 Å². The van der Waals surface area contributed by atoms with E-state index in [1.54, 1.807) is 32.3 Å². The Morgan fingerprint density at radius 2 is 1.61 bits per heavy atom. The lowest BCUT2D eigenvalue weighted by Gasteiger charge is -2.38. The fraction of sp³-hybridized carbons (Fsp3) is 0.360. The Morgan fingerprint density at radius 3 is 2.29 bits per heavy atom. The van der Waals surface area contributed by atoms with Crippen molar-refractivity contribution in [2.75, 3.05) is 26.2 Å². The summed E-state index contributed by atoms with van der Waals surface area (Å²) in [5.74, 6) is 1.33. The van der Waals surface area contributed by atoms with Gasteiger partial charge in [-0.15, -0.1) is 0 Å². The number of rotatable bonds is 5. The van der Waals surface area contributed by atoms with E-state index in [1.165, 1.54) is 0 Å². The molecule has 0 saturated carbocycles. The maximum absolute atomic E-state index is 13.4. The van der Waals surface area contributed by atoms with Crippen LogP contribution in [-0.2, 0) is 9.59 Å². The molecule has 0 spiro atoms. The van der Waals surface area contributed by atoms with E-state index in [9.17, 15) is 9.59 Å². The molecule has 1 aliphatic carbocycles. The van der Waals surface area contributed by atoms with Crippen molar-refractivity contribution in [3.8, 4) is 17.2 Å². The SMILES string of the molecule is COc1cc(OC)c([C@@H]2CC(=O)N(c3cccc(C)c3)C3=C2C(=O)CCC3)cc1OC. The Morgan fingerprint density at radius 1 is 0.903 bits per heavy atom. The average molecular weight is 421 g/mol. The summed E-state index contributed by atoms with van der Waals surface area (Å²) in [6, 6.07) is 11.4. The summed E-state index contributed by atoms with van der Waals surface area (Å²) in [6.07, 6.45) is 2.10. The van der Waals surface area contributed by atoms with Crippen molar-refractivity contribution in [2.45, 2.75) is 38.5 Å². The Bertz CT molecular complexity index is 1070. The molecule has 0 saturated heterocycles. The molecule has 0 radical (unpaired) electrons. The molecular formula is C25H27NO5. The summed E-state index contributed by atoms with van der Waals surface area (Å²) in [4.78, 5) is 28.3. The van der Waals surface area contributed by atoms with Gasteiger partial charge in [0.05, 0.1) is 21.3 Å². The number of hydrogen-bond donors (Lipinski definition) is 0. The van der Waals surface area contributed by atoms with E-state index in [4.69, 9.17) is 14.2 Å². The molecule has 4 rings (SSSR count). The standard InChI is InChI=1S/C25H27NO5/c1-15-7-5-8-16(11-15)26-19-9-6-10-20(27)25(19)18(13-24(26)28)17-12-22(30-3)23(31-4)14-21(17)29-2/h5,7-8,11-12,14,18H,6,9-10,13H2,1-4H3/t18-/m0/s1. The van der Waals surface area contributed by atoms with Crippen molar-refractivity contribution in [3.05, 3.63) is 58.8 Å². The first-order valence-corrected chi connectivity index (χ1v) is 10.4. The highest BCUT2D eigenvalue weighted by molar-refractivity contribution is 6.07. The number of hydrogen-bond acceptors (Lipinski definition) is 5. The average Bonchev–Trinajstić information content (AvgIpc) is 2.77. The predicted molar refractivity (Wildman–Crippen MR) is 118 cm³/mol. The first kappa shape index (κ1) is 21.0. The van der Waals surface area contributed by atoms with Crippen molar-refractivity contribution in [1.29, 1.82) is 0 Å². The third-order valence-electron chi connectivity index (χ3n) is 6.05. The number of ether oxygens (including phenoxy) is 3. The number of amides is 1. The molecule has 0 unspecified atom stereocenters. The Labute approximate surface area is 182 Å². The van der Waals surface area contributed by atoms with Gasteiger partial charge < -0.3 is 14.2 Å². The van der Waals surface area contributed by atoms with Crippen LogP contribution in [-0.4, -0.2) is 33.0 Å². The molecule has 0 fully saturated rings. The monoisotopic (exact) mass is 421 g/mol. The molecule has 1 atom stereocenters. The van der Waals surface area contributed by atoms with E-state index in [1.807, 2.05) is 37.3 Å². The van der Waals surface area contributed by atoms with Crippen LogP contribution >= 0.6 is 0 Å². The van der Waals surface area contributed by atoms with Gasteiger partial charge >= 0.3 is 0 Å². The molecule has 0 aromatic heterocycles. The summed E-state index contributed by atoms with van der Waals surface area (Å²) < 4.78 is 16.5. The minimum Gasteiger partial charge on any atom is -0.496 e. The first-order chi connectivity index (χ1) is 15.0. The number of anilines is 1. The number of nitrogens with zero attached hydrogens (tertiary/aromatic N) is 1. The number of allylic oxidation sites excluding steroid dienone is 2. The zero-order valence-corrected chi connectivity index (χ0v) is 18.4. The minimum atomic E-state index is -0.383. The Hall–Kier alpha value is -3.28. The van der Waals surface area contributed by atoms with Crippen LogP contribution in [0.1, 0.15) is 42.7 Å². The molecule has 6 heteroatoms. The number of ketones is 1. The fourth-order valence-corrected chi connectivity index (χ4v) is 4.65. The van der Waals surface area contributed by atoms with Crippen LogP contribution in [0.2, 0.25) is 0 Å². The van der Waals surface area contributed by atoms with Crippen molar-refractivity contribution in [2.24, 2.45) is 0 Å². The summed E-state index contributed by atoms with van der Waals surface area (Å²) in [5.41, 5.74) is 4.15. The van der Waals surface area contributed by atoms with Gasteiger partial charge in [-0.25, -0.2) is 0 Å². The number of aryl methyl sites for hydroxylation is 1. The van der Waals surface area contributed by atoms with Crippen LogP contribution in [0.5, 0.6) is 17.2 Å². The fourth-order valence-electron chi connectivity index (χ4n) is 4.65. The van der Waals surface area contributed by atoms with Gasteiger partial charge in [-0.05, 0) is 43.5 Å². The number of carbonyl (C=O) groups excluding carboxylic acids is 2. The van der Waals surface area contributed by atoms with Crippen molar-refractivity contribution in [3.63, 3.8) is 0 Å². The number of methoxy groups -OCH3 is 3. The normalized spacial score (nSPS) is 18.7. The van der Waals surface area contributed by atoms with Gasteiger partial charge in [-0.2, -0.15) is 0 Å². The maximum Gasteiger partial charge on any atom is 0.232 e. The molecule has 6 nitrogen and oxygen atoms in total. The molecule has 1 amide bonds. The maximum atomic E-state index is 13.4. The Kier molecular flexibility index (Phi) is 5.72. The van der Waals surface area contributed by atoms with E-state index >= 15 is 0 Å². The lowest BCUT2D eigenvalue weighted by molar-refractivity contribution is -0.119. The highest BCUT2D eigenvalue weighted by atomic mass is 16.5. The largest absolute Gasteiger partial charge is 0.496 e. The number of Topliss-reactive ketones (excluding diaryl/α,β-unsaturated/α-hetero) is 1. The van der Waals surface area contributed by atoms with Crippen molar-refractivity contribution < 1.29 is 23.8 Å². The van der Waals surface area contributed by atoms with Gasteiger partial charge in [-0.3, -0.25) is 14.5 Å². The van der Waals surface area contributed by atoms with Gasteiger partial charge in [0.15, 0.2) is 17.3 Å². The van der Waals surface area contributed by atoms with Crippen molar-refractivity contribution >= 4 is 17.4 Å². The lowest BCUT2D eigenvalue weighted by atomic mass is 9.76. The molecule has 2 aromatic carbocycles. The third kappa shape index (κ3) is 3.67. The molecule has 0 bridgehead atoms. The van der Waals surface area contributed by atoms with Crippen LogP contribution in [0.15, 0.2) is 47.7 Å². The van der Waals surface area contributed by atoms with E-state index in [0.29, 0.717) is 35.7 Å². The molecule has 1 aliphatic heterocycles. The van der Waals surface area contributed by atoms with E-state index < -0.39 is 0 Å². The van der Waals surface area contributed by atoms with E-state index in [2.05, 4.69) is 0 Å². The first-order valence-electron chi connectivity index (χ1n) is 10.4. The highest BCUT2D eigenvalue weighted by Gasteiger charge is 2.41. The number of carbonyl (C=O) groups is 2. The van der Waals surface area contributed by atoms with Crippen molar-refractivity contribution in [1.82, 2.24) is 0 Å². The molecule has 162 valence electrons. The Balaban J connectivity index is 1.90.